The molecule has 2 amide bonds. The standard InChI is InChI=1S/C18H21N3O2/c1-13(2)9-17(22)20-11-14-5-3-7-16(10-14)21-18(23)15-6-4-8-19-12-15/h3-8,10,12-13H,9,11H2,1-2H3,(H,20,22)(H,21,23). The van der Waals surface area contributed by atoms with Gasteiger partial charge < -0.3 is 10.6 Å². The number of nitrogens with zero attached hydrogens (tertiary/aromatic N) is 1. The zero-order valence-electron chi connectivity index (χ0n) is 13.4. The molecule has 0 saturated carbocycles. The van der Waals surface area contributed by atoms with Crippen molar-refractivity contribution in [2.75, 3.05) is 5.32 Å². The van der Waals surface area contributed by atoms with E-state index in [1.807, 2.05) is 38.1 Å². The molecule has 0 aliphatic carbocycles. The van der Waals surface area contributed by atoms with Crippen LogP contribution in [-0.2, 0) is 11.3 Å². The zero-order chi connectivity index (χ0) is 16.7. The number of nitrogens with one attached hydrogen (secondary N) is 2. The van der Waals surface area contributed by atoms with E-state index in [1.165, 1.54) is 6.20 Å². The number of carbonyl (C=O) groups excluding carboxylic acids is 2. The molecule has 0 radical (unpaired) electrons. The van der Waals surface area contributed by atoms with Gasteiger partial charge in [0, 0.05) is 31.0 Å². The lowest BCUT2D eigenvalue weighted by molar-refractivity contribution is -0.121. The van der Waals surface area contributed by atoms with Gasteiger partial charge in [-0.1, -0.05) is 26.0 Å². The van der Waals surface area contributed by atoms with Crippen molar-refractivity contribution in [3.05, 3.63) is 59.9 Å². The van der Waals surface area contributed by atoms with Crippen molar-refractivity contribution >= 4 is 17.5 Å². The van der Waals surface area contributed by atoms with E-state index < -0.39 is 0 Å². The number of carbonyl (C=O) groups is 2. The molecule has 2 aromatic rings. The molecule has 0 saturated heterocycles. The van der Waals surface area contributed by atoms with Gasteiger partial charge in [-0.15, -0.1) is 0 Å². The number of aromatic nitrogens is 1. The van der Waals surface area contributed by atoms with Crippen LogP contribution in [0.15, 0.2) is 48.8 Å². The topological polar surface area (TPSA) is 71.1 Å². The summed E-state index contributed by atoms with van der Waals surface area (Å²) in [5, 5.41) is 5.71. The molecular formula is C18H21N3O2. The highest BCUT2D eigenvalue weighted by atomic mass is 16.2. The Labute approximate surface area is 136 Å². The SMILES string of the molecule is CC(C)CC(=O)NCc1cccc(NC(=O)c2cccnc2)c1. The summed E-state index contributed by atoms with van der Waals surface area (Å²) in [6, 6.07) is 10.9. The quantitative estimate of drug-likeness (QED) is 0.861. The van der Waals surface area contributed by atoms with E-state index in [9.17, 15) is 9.59 Å². The minimum Gasteiger partial charge on any atom is -0.352 e. The highest BCUT2D eigenvalue weighted by Gasteiger charge is 2.07. The Bertz CT molecular complexity index is 669. The van der Waals surface area contributed by atoms with Gasteiger partial charge >= 0.3 is 0 Å². The molecule has 0 fully saturated rings. The van der Waals surface area contributed by atoms with Crippen LogP contribution in [-0.4, -0.2) is 16.8 Å². The lowest BCUT2D eigenvalue weighted by Crippen LogP contribution is -2.24. The van der Waals surface area contributed by atoms with E-state index in [4.69, 9.17) is 0 Å². The second-order valence-corrected chi connectivity index (χ2v) is 5.77. The Morgan fingerprint density at radius 2 is 2.00 bits per heavy atom. The summed E-state index contributed by atoms with van der Waals surface area (Å²) in [5.41, 5.74) is 2.13. The first-order chi connectivity index (χ1) is 11.0. The first-order valence-corrected chi connectivity index (χ1v) is 7.61. The summed E-state index contributed by atoms with van der Waals surface area (Å²) in [4.78, 5) is 27.7. The number of anilines is 1. The van der Waals surface area contributed by atoms with Gasteiger partial charge in [0.2, 0.25) is 5.91 Å². The Morgan fingerprint density at radius 1 is 1.17 bits per heavy atom. The van der Waals surface area contributed by atoms with Crippen molar-refractivity contribution in [3.63, 3.8) is 0 Å². The molecule has 5 heteroatoms. The molecule has 0 aliphatic heterocycles. The van der Waals surface area contributed by atoms with Crippen LogP contribution in [0.3, 0.4) is 0 Å². The fourth-order valence-corrected chi connectivity index (χ4v) is 2.10. The van der Waals surface area contributed by atoms with Crippen molar-refractivity contribution in [1.82, 2.24) is 10.3 Å². The largest absolute Gasteiger partial charge is 0.352 e. The van der Waals surface area contributed by atoms with E-state index in [0.717, 1.165) is 5.56 Å². The van der Waals surface area contributed by atoms with Gasteiger partial charge in [-0.2, -0.15) is 0 Å². The summed E-state index contributed by atoms with van der Waals surface area (Å²) >= 11 is 0. The number of hydrogen-bond donors (Lipinski definition) is 2. The van der Waals surface area contributed by atoms with Crippen LogP contribution in [0.4, 0.5) is 5.69 Å². The molecule has 0 bridgehead atoms. The summed E-state index contributed by atoms with van der Waals surface area (Å²) in [5.74, 6) is 0.156. The lowest BCUT2D eigenvalue weighted by atomic mass is 10.1. The molecule has 23 heavy (non-hydrogen) atoms. The highest BCUT2D eigenvalue weighted by molar-refractivity contribution is 6.04. The zero-order valence-corrected chi connectivity index (χ0v) is 13.4. The number of hydrogen-bond acceptors (Lipinski definition) is 3. The fraction of sp³-hybridized carbons (Fsp3) is 0.278. The Balaban J connectivity index is 1.94. The molecule has 120 valence electrons. The maximum atomic E-state index is 12.1. The van der Waals surface area contributed by atoms with E-state index >= 15 is 0 Å². The number of rotatable bonds is 6. The van der Waals surface area contributed by atoms with Crippen molar-refractivity contribution in [2.45, 2.75) is 26.8 Å². The van der Waals surface area contributed by atoms with Gasteiger partial charge in [0.25, 0.3) is 5.91 Å². The summed E-state index contributed by atoms with van der Waals surface area (Å²) in [7, 11) is 0. The average molecular weight is 311 g/mol. The van der Waals surface area contributed by atoms with Crippen molar-refractivity contribution in [1.29, 1.82) is 0 Å². The first kappa shape index (κ1) is 16.7. The summed E-state index contributed by atoms with van der Waals surface area (Å²) < 4.78 is 0. The predicted molar refractivity (Wildman–Crippen MR) is 89.9 cm³/mol. The third kappa shape index (κ3) is 5.54. The third-order valence-corrected chi connectivity index (χ3v) is 3.19. The molecule has 5 nitrogen and oxygen atoms in total. The first-order valence-electron chi connectivity index (χ1n) is 7.61. The van der Waals surface area contributed by atoms with Gasteiger partial charge in [-0.25, -0.2) is 0 Å². The predicted octanol–water partition coefficient (Wildman–Crippen LogP) is 3.00. The molecule has 1 aromatic carbocycles. The third-order valence-electron chi connectivity index (χ3n) is 3.19. The number of benzene rings is 1. The molecule has 0 atom stereocenters. The van der Waals surface area contributed by atoms with Crippen molar-refractivity contribution in [3.8, 4) is 0 Å². The van der Waals surface area contributed by atoms with Crippen LogP contribution in [0.25, 0.3) is 0 Å². The van der Waals surface area contributed by atoms with Crippen LogP contribution in [0, 0.1) is 5.92 Å². The number of amides is 2. The molecule has 0 aliphatic rings. The van der Waals surface area contributed by atoms with Gasteiger partial charge in [-0.3, -0.25) is 14.6 Å². The Kier molecular flexibility index (Phi) is 5.86. The Hall–Kier alpha value is -2.69. The van der Waals surface area contributed by atoms with E-state index in [2.05, 4.69) is 15.6 Å². The summed E-state index contributed by atoms with van der Waals surface area (Å²) in [6.07, 6.45) is 3.65. The van der Waals surface area contributed by atoms with E-state index in [0.29, 0.717) is 30.1 Å². The fourth-order valence-electron chi connectivity index (χ4n) is 2.10. The van der Waals surface area contributed by atoms with Crippen molar-refractivity contribution < 1.29 is 9.59 Å². The maximum absolute atomic E-state index is 12.1. The molecule has 1 aromatic heterocycles. The Morgan fingerprint density at radius 3 is 2.70 bits per heavy atom. The minimum absolute atomic E-state index is 0.0322. The summed E-state index contributed by atoms with van der Waals surface area (Å²) in [6.45, 7) is 4.46. The molecule has 2 rings (SSSR count). The molecule has 0 spiro atoms. The van der Waals surface area contributed by atoms with Crippen LogP contribution in [0.2, 0.25) is 0 Å². The highest BCUT2D eigenvalue weighted by Crippen LogP contribution is 2.12. The van der Waals surface area contributed by atoms with Gasteiger partial charge in [0.1, 0.15) is 0 Å². The molecule has 0 unspecified atom stereocenters. The van der Waals surface area contributed by atoms with Gasteiger partial charge in [-0.05, 0) is 35.7 Å². The maximum Gasteiger partial charge on any atom is 0.257 e. The van der Waals surface area contributed by atoms with Crippen molar-refractivity contribution in [2.24, 2.45) is 5.92 Å². The van der Waals surface area contributed by atoms with Crippen LogP contribution >= 0.6 is 0 Å². The second-order valence-electron chi connectivity index (χ2n) is 5.77. The lowest BCUT2D eigenvalue weighted by Gasteiger charge is -2.09. The molecular weight excluding hydrogens is 290 g/mol. The van der Waals surface area contributed by atoms with Crippen LogP contribution in [0.5, 0.6) is 0 Å². The monoisotopic (exact) mass is 311 g/mol. The number of pyridine rings is 1. The average Bonchev–Trinajstić information content (AvgIpc) is 2.53. The molecule has 2 N–H and O–H groups in total. The molecule has 1 heterocycles. The normalized spacial score (nSPS) is 10.4. The van der Waals surface area contributed by atoms with E-state index in [1.54, 1.807) is 18.3 Å². The minimum atomic E-state index is -0.209. The smallest absolute Gasteiger partial charge is 0.257 e. The van der Waals surface area contributed by atoms with Gasteiger partial charge in [0.05, 0.1) is 5.56 Å². The van der Waals surface area contributed by atoms with Gasteiger partial charge in [0.15, 0.2) is 0 Å². The van der Waals surface area contributed by atoms with Crippen LogP contribution in [0.1, 0.15) is 36.2 Å². The van der Waals surface area contributed by atoms with E-state index in [-0.39, 0.29) is 11.8 Å². The van der Waals surface area contributed by atoms with Crippen LogP contribution < -0.4 is 10.6 Å². The second kappa shape index (κ2) is 8.08.